The molecule has 0 unspecified atom stereocenters. The van der Waals surface area contributed by atoms with Crippen molar-refractivity contribution in [1.29, 1.82) is 0 Å². The first-order valence-electron chi connectivity index (χ1n) is 5.18. The van der Waals surface area contributed by atoms with Gasteiger partial charge < -0.3 is 14.5 Å². The Morgan fingerprint density at radius 2 is 2.00 bits per heavy atom. The van der Waals surface area contributed by atoms with Gasteiger partial charge in [-0.3, -0.25) is 0 Å². The zero-order chi connectivity index (χ0) is 10.6. The topological polar surface area (TPSA) is 15.7 Å². The SMILES string of the molecule is CN1C=CN(COCC[Si](C)(C)C)C1. The lowest BCUT2D eigenvalue weighted by atomic mass is 10.8. The smallest absolute Gasteiger partial charge is 0.119 e. The molecule has 0 bridgehead atoms. The van der Waals surface area contributed by atoms with Gasteiger partial charge in [-0.2, -0.15) is 0 Å². The molecule has 0 radical (unpaired) electrons. The third kappa shape index (κ3) is 4.67. The Bertz CT molecular complexity index is 201. The Hall–Kier alpha value is -0.483. The highest BCUT2D eigenvalue weighted by Gasteiger charge is 2.13. The Kier molecular flexibility index (Phi) is 4.01. The molecule has 0 amide bonds. The molecule has 4 heteroatoms. The molecule has 14 heavy (non-hydrogen) atoms. The van der Waals surface area contributed by atoms with Crippen molar-refractivity contribution in [3.8, 4) is 0 Å². The van der Waals surface area contributed by atoms with E-state index in [1.807, 2.05) is 0 Å². The molecule has 0 atom stereocenters. The summed E-state index contributed by atoms with van der Waals surface area (Å²) in [6.45, 7) is 9.71. The Labute approximate surface area is 88.3 Å². The van der Waals surface area contributed by atoms with Gasteiger partial charge in [0, 0.05) is 34.1 Å². The van der Waals surface area contributed by atoms with Gasteiger partial charge in [0.15, 0.2) is 0 Å². The quantitative estimate of drug-likeness (QED) is 0.514. The molecule has 82 valence electrons. The minimum atomic E-state index is -0.919. The van der Waals surface area contributed by atoms with Crippen LogP contribution in [0.4, 0.5) is 0 Å². The molecule has 3 nitrogen and oxygen atoms in total. The van der Waals surface area contributed by atoms with Gasteiger partial charge in [0.2, 0.25) is 0 Å². The van der Waals surface area contributed by atoms with E-state index >= 15 is 0 Å². The molecule has 0 aromatic heterocycles. The molecule has 0 N–H and O–H groups in total. The van der Waals surface area contributed by atoms with E-state index in [1.54, 1.807) is 0 Å². The molecule has 0 fully saturated rings. The van der Waals surface area contributed by atoms with Crippen LogP contribution >= 0.6 is 0 Å². The lowest BCUT2D eigenvalue weighted by Gasteiger charge is -2.20. The summed E-state index contributed by atoms with van der Waals surface area (Å²) in [6, 6.07) is 1.25. The van der Waals surface area contributed by atoms with Crippen molar-refractivity contribution in [1.82, 2.24) is 9.80 Å². The van der Waals surface area contributed by atoms with Gasteiger partial charge in [-0.15, -0.1) is 0 Å². The summed E-state index contributed by atoms with van der Waals surface area (Å²) in [7, 11) is 1.15. The number of rotatable bonds is 5. The normalized spacial score (nSPS) is 16.9. The molecule has 1 heterocycles. The monoisotopic (exact) mass is 214 g/mol. The zero-order valence-electron chi connectivity index (χ0n) is 9.79. The van der Waals surface area contributed by atoms with E-state index in [9.17, 15) is 0 Å². The van der Waals surface area contributed by atoms with Crippen LogP contribution in [-0.2, 0) is 4.74 Å². The van der Waals surface area contributed by atoms with Crippen LogP contribution in [0.15, 0.2) is 12.4 Å². The van der Waals surface area contributed by atoms with Gasteiger partial charge in [0.05, 0.1) is 6.67 Å². The van der Waals surface area contributed by atoms with Crippen LogP contribution in [0.3, 0.4) is 0 Å². The lowest BCUT2D eigenvalue weighted by Crippen LogP contribution is -2.27. The third-order valence-electron chi connectivity index (χ3n) is 2.19. The minimum absolute atomic E-state index is 0.728. The maximum absolute atomic E-state index is 5.62. The molecular weight excluding hydrogens is 192 g/mol. The van der Waals surface area contributed by atoms with Gasteiger partial charge in [0.1, 0.15) is 6.73 Å². The molecule has 1 aliphatic heterocycles. The van der Waals surface area contributed by atoms with Crippen molar-refractivity contribution >= 4 is 8.07 Å². The van der Waals surface area contributed by atoms with E-state index < -0.39 is 8.07 Å². The standard InChI is InChI=1S/C10H22N2OSi/c1-11-5-6-12(9-11)10-13-7-8-14(2,3)4/h5-6H,7-10H2,1-4H3. The van der Waals surface area contributed by atoms with Crippen molar-refractivity contribution in [3.63, 3.8) is 0 Å². The molecule has 0 aromatic rings. The first-order chi connectivity index (χ1) is 6.47. The fraction of sp³-hybridized carbons (Fsp3) is 0.800. The Balaban J connectivity index is 2.03. The summed E-state index contributed by atoms with van der Waals surface area (Å²) in [5, 5.41) is 0. The molecule has 0 saturated heterocycles. The van der Waals surface area contributed by atoms with Crippen molar-refractivity contribution in [2.45, 2.75) is 25.7 Å². The number of nitrogens with zero attached hydrogens (tertiary/aromatic N) is 2. The average molecular weight is 214 g/mol. The van der Waals surface area contributed by atoms with E-state index in [0.717, 1.165) is 20.0 Å². The lowest BCUT2D eigenvalue weighted by molar-refractivity contribution is 0.0545. The maximum Gasteiger partial charge on any atom is 0.119 e. The van der Waals surface area contributed by atoms with Gasteiger partial charge in [0.25, 0.3) is 0 Å². The second-order valence-corrected chi connectivity index (χ2v) is 10.8. The van der Waals surface area contributed by atoms with Crippen molar-refractivity contribution in [3.05, 3.63) is 12.4 Å². The average Bonchev–Trinajstić information content (AvgIpc) is 2.44. The Morgan fingerprint density at radius 1 is 1.29 bits per heavy atom. The highest BCUT2D eigenvalue weighted by molar-refractivity contribution is 6.76. The van der Waals surface area contributed by atoms with E-state index in [-0.39, 0.29) is 0 Å². The minimum Gasteiger partial charge on any atom is -0.362 e. The number of hydrogen-bond acceptors (Lipinski definition) is 3. The highest BCUT2D eigenvalue weighted by atomic mass is 28.3. The molecule has 0 saturated carbocycles. The molecular formula is C10H22N2OSi. The summed E-state index contributed by atoms with van der Waals surface area (Å²) < 4.78 is 5.62. The summed E-state index contributed by atoms with van der Waals surface area (Å²) in [4.78, 5) is 4.31. The molecule has 1 aliphatic rings. The second kappa shape index (κ2) is 4.84. The summed E-state index contributed by atoms with van der Waals surface area (Å²) >= 11 is 0. The fourth-order valence-electron chi connectivity index (χ4n) is 1.23. The summed E-state index contributed by atoms with van der Waals surface area (Å²) in [5.41, 5.74) is 0. The fourth-order valence-corrected chi connectivity index (χ4v) is 1.99. The first-order valence-corrected chi connectivity index (χ1v) is 8.88. The van der Waals surface area contributed by atoms with Crippen LogP contribution in [-0.4, -0.2) is 44.9 Å². The van der Waals surface area contributed by atoms with Crippen molar-refractivity contribution < 1.29 is 4.74 Å². The largest absolute Gasteiger partial charge is 0.362 e. The molecule has 1 rings (SSSR count). The van der Waals surface area contributed by atoms with E-state index in [0.29, 0.717) is 0 Å². The van der Waals surface area contributed by atoms with Gasteiger partial charge in [-0.1, -0.05) is 19.6 Å². The molecule has 0 spiro atoms. The zero-order valence-corrected chi connectivity index (χ0v) is 10.8. The number of hydrogen-bond donors (Lipinski definition) is 0. The predicted molar refractivity (Wildman–Crippen MR) is 62.6 cm³/mol. The molecule has 0 aliphatic carbocycles. The van der Waals surface area contributed by atoms with E-state index in [2.05, 4.69) is 48.9 Å². The van der Waals surface area contributed by atoms with E-state index in [4.69, 9.17) is 4.74 Å². The summed E-state index contributed by atoms with van der Waals surface area (Å²) in [6.07, 6.45) is 4.15. The highest BCUT2D eigenvalue weighted by Crippen LogP contribution is 2.08. The van der Waals surface area contributed by atoms with Crippen LogP contribution in [0.1, 0.15) is 0 Å². The first kappa shape index (κ1) is 11.6. The van der Waals surface area contributed by atoms with E-state index in [1.165, 1.54) is 6.04 Å². The van der Waals surface area contributed by atoms with Gasteiger partial charge in [-0.25, -0.2) is 0 Å². The Morgan fingerprint density at radius 3 is 2.50 bits per heavy atom. The third-order valence-corrected chi connectivity index (χ3v) is 3.89. The summed E-state index contributed by atoms with van der Waals surface area (Å²) in [5.74, 6) is 0. The maximum atomic E-state index is 5.62. The van der Waals surface area contributed by atoms with Crippen LogP contribution in [0.2, 0.25) is 25.7 Å². The number of ether oxygens (including phenoxy) is 1. The van der Waals surface area contributed by atoms with Gasteiger partial charge in [-0.05, 0) is 6.04 Å². The van der Waals surface area contributed by atoms with Crippen molar-refractivity contribution in [2.24, 2.45) is 0 Å². The van der Waals surface area contributed by atoms with Crippen LogP contribution in [0, 0.1) is 0 Å². The molecule has 0 aromatic carbocycles. The van der Waals surface area contributed by atoms with Crippen molar-refractivity contribution in [2.75, 3.05) is 27.1 Å². The second-order valence-electron chi connectivity index (χ2n) is 5.13. The van der Waals surface area contributed by atoms with Crippen LogP contribution < -0.4 is 0 Å². The van der Waals surface area contributed by atoms with Crippen LogP contribution in [0.25, 0.3) is 0 Å². The van der Waals surface area contributed by atoms with Crippen LogP contribution in [0.5, 0.6) is 0 Å². The van der Waals surface area contributed by atoms with Gasteiger partial charge >= 0.3 is 0 Å². The predicted octanol–water partition coefficient (Wildman–Crippen LogP) is 1.97.